The topological polar surface area (TPSA) is 79.8 Å². The molecule has 7 heteroatoms. The molecule has 128 valence electrons. The molecule has 26 heavy (non-hydrogen) atoms. The first-order valence-corrected chi connectivity index (χ1v) is 9.19. The summed E-state index contributed by atoms with van der Waals surface area (Å²) < 4.78 is 0.991. The third-order valence-corrected chi connectivity index (χ3v) is 5.21. The fourth-order valence-corrected chi connectivity index (χ4v) is 3.55. The predicted molar refractivity (Wildman–Crippen MR) is 107 cm³/mol. The van der Waals surface area contributed by atoms with E-state index in [1.54, 1.807) is 18.2 Å². The Kier molecular flexibility index (Phi) is 5.26. The first-order chi connectivity index (χ1) is 12.5. The van der Waals surface area contributed by atoms with Gasteiger partial charge in [-0.15, -0.1) is 11.3 Å². The minimum Gasteiger partial charge on any atom is -0.258 e. The summed E-state index contributed by atoms with van der Waals surface area (Å²) in [6.45, 7) is 1.97. The maximum absolute atomic E-state index is 10.7. The molecule has 0 radical (unpaired) electrons. The Labute approximate surface area is 162 Å². The van der Waals surface area contributed by atoms with Crippen molar-refractivity contribution in [2.75, 3.05) is 0 Å². The van der Waals surface area contributed by atoms with Gasteiger partial charge in [0.05, 0.1) is 16.2 Å². The number of hydrogen-bond donors (Lipinski definition) is 0. The van der Waals surface area contributed by atoms with Gasteiger partial charge in [-0.3, -0.25) is 10.1 Å². The summed E-state index contributed by atoms with van der Waals surface area (Å²) in [5.41, 5.74) is 2.99. The molecule has 0 N–H and O–H groups in total. The highest BCUT2D eigenvalue weighted by molar-refractivity contribution is 9.10. The number of nitriles is 1. The second-order valence-corrected chi connectivity index (χ2v) is 7.57. The summed E-state index contributed by atoms with van der Waals surface area (Å²) in [4.78, 5) is 15.9. The Bertz CT molecular complexity index is 1030. The number of hydrogen-bond acceptors (Lipinski definition) is 5. The van der Waals surface area contributed by atoms with Crippen molar-refractivity contribution in [1.82, 2.24) is 4.98 Å². The number of allylic oxidation sites excluding steroid dienone is 1. The van der Waals surface area contributed by atoms with Gasteiger partial charge in [0.1, 0.15) is 11.1 Å². The summed E-state index contributed by atoms with van der Waals surface area (Å²) in [6, 6.07) is 16.1. The molecule has 3 aromatic rings. The van der Waals surface area contributed by atoms with Gasteiger partial charge in [0.2, 0.25) is 0 Å². The van der Waals surface area contributed by atoms with Gasteiger partial charge in [0.25, 0.3) is 5.69 Å². The van der Waals surface area contributed by atoms with Crippen LogP contribution in [0.1, 0.15) is 15.4 Å². The highest BCUT2D eigenvalue weighted by Gasteiger charge is 2.13. The van der Waals surface area contributed by atoms with Gasteiger partial charge in [-0.1, -0.05) is 28.1 Å². The van der Waals surface area contributed by atoms with E-state index in [1.165, 1.54) is 23.5 Å². The van der Waals surface area contributed by atoms with Crippen molar-refractivity contribution < 1.29 is 4.92 Å². The number of nitro groups is 1. The molecule has 0 saturated carbocycles. The maximum Gasteiger partial charge on any atom is 0.269 e. The third kappa shape index (κ3) is 3.87. The monoisotopic (exact) mass is 425 g/mol. The largest absolute Gasteiger partial charge is 0.269 e. The van der Waals surface area contributed by atoms with E-state index in [0.717, 1.165) is 20.6 Å². The van der Waals surface area contributed by atoms with Gasteiger partial charge in [-0.25, -0.2) is 4.98 Å². The van der Waals surface area contributed by atoms with Crippen LogP contribution in [0.3, 0.4) is 0 Å². The molecule has 0 spiro atoms. The lowest BCUT2D eigenvalue weighted by Gasteiger charge is -1.98. The molecule has 0 saturated heterocycles. The van der Waals surface area contributed by atoms with E-state index in [-0.39, 0.29) is 5.69 Å². The lowest BCUT2D eigenvalue weighted by molar-refractivity contribution is -0.384. The third-order valence-electron chi connectivity index (χ3n) is 3.68. The number of non-ortho nitro benzene ring substituents is 1. The van der Waals surface area contributed by atoms with Crippen molar-refractivity contribution in [2.45, 2.75) is 6.92 Å². The Morgan fingerprint density at radius 2 is 1.88 bits per heavy atom. The van der Waals surface area contributed by atoms with Crippen LogP contribution < -0.4 is 0 Å². The average Bonchev–Trinajstić information content (AvgIpc) is 3.02. The van der Waals surface area contributed by atoms with Crippen molar-refractivity contribution in [1.29, 1.82) is 5.26 Å². The fourth-order valence-electron chi connectivity index (χ4n) is 2.39. The number of aromatic nitrogens is 1. The molecular formula is C19H12BrN3O2S. The molecule has 0 aliphatic heterocycles. The number of aryl methyl sites for hydroxylation is 1. The molecule has 0 fully saturated rings. The summed E-state index contributed by atoms with van der Waals surface area (Å²) >= 11 is 4.87. The molecule has 0 atom stereocenters. The minimum absolute atomic E-state index is 0.0169. The number of nitrogens with zero attached hydrogens (tertiary/aromatic N) is 3. The molecule has 0 amide bonds. The number of rotatable bonds is 4. The highest BCUT2D eigenvalue weighted by Crippen LogP contribution is 2.32. The fraction of sp³-hybridized carbons (Fsp3) is 0.0526. The molecular weight excluding hydrogens is 414 g/mol. The number of benzene rings is 2. The van der Waals surface area contributed by atoms with E-state index in [4.69, 9.17) is 0 Å². The summed E-state index contributed by atoms with van der Waals surface area (Å²) in [6.07, 6.45) is 1.69. The van der Waals surface area contributed by atoms with Crippen LogP contribution in [0, 0.1) is 28.4 Å². The lowest BCUT2D eigenvalue weighted by atomic mass is 10.1. The van der Waals surface area contributed by atoms with Crippen molar-refractivity contribution in [3.63, 3.8) is 0 Å². The molecule has 0 aliphatic carbocycles. The molecule has 1 aromatic heterocycles. The maximum atomic E-state index is 10.7. The first kappa shape index (κ1) is 18.0. The second-order valence-electron chi connectivity index (χ2n) is 5.45. The van der Waals surface area contributed by atoms with Gasteiger partial charge in [0, 0.05) is 27.0 Å². The van der Waals surface area contributed by atoms with Crippen LogP contribution in [0.25, 0.3) is 22.9 Å². The average molecular weight is 426 g/mol. The van der Waals surface area contributed by atoms with E-state index < -0.39 is 4.92 Å². The van der Waals surface area contributed by atoms with Crippen molar-refractivity contribution in [3.8, 4) is 17.3 Å². The Morgan fingerprint density at radius 3 is 2.46 bits per heavy atom. The normalized spacial score (nSPS) is 11.2. The number of halogens is 1. The van der Waals surface area contributed by atoms with Crippen molar-refractivity contribution in [2.24, 2.45) is 0 Å². The number of nitro benzene ring substituents is 1. The van der Waals surface area contributed by atoms with Crippen LogP contribution in [-0.2, 0) is 0 Å². The zero-order valence-electron chi connectivity index (χ0n) is 13.6. The van der Waals surface area contributed by atoms with Crippen molar-refractivity contribution in [3.05, 3.63) is 78.6 Å². The van der Waals surface area contributed by atoms with Crippen LogP contribution in [0.15, 0.2) is 53.0 Å². The Hall–Kier alpha value is -2.82. The van der Waals surface area contributed by atoms with Crippen LogP contribution in [0.4, 0.5) is 5.69 Å². The zero-order valence-corrected chi connectivity index (χ0v) is 16.0. The molecule has 0 bridgehead atoms. The molecule has 0 unspecified atom stereocenters. The molecule has 2 aromatic carbocycles. The summed E-state index contributed by atoms with van der Waals surface area (Å²) in [5.74, 6) is 0. The first-order valence-electron chi connectivity index (χ1n) is 7.58. The summed E-state index contributed by atoms with van der Waals surface area (Å²) in [5, 5.41) is 20.9. The van der Waals surface area contributed by atoms with E-state index in [2.05, 4.69) is 27.0 Å². The smallest absolute Gasteiger partial charge is 0.258 e. The van der Waals surface area contributed by atoms with Crippen LogP contribution in [-0.4, -0.2) is 9.91 Å². The van der Waals surface area contributed by atoms with Crippen molar-refractivity contribution >= 4 is 44.6 Å². The molecule has 1 heterocycles. The molecule has 3 rings (SSSR count). The Balaban J connectivity index is 1.96. The van der Waals surface area contributed by atoms with Gasteiger partial charge in [-0.05, 0) is 42.8 Å². The lowest BCUT2D eigenvalue weighted by Crippen LogP contribution is -1.87. The van der Waals surface area contributed by atoms with Crippen LogP contribution in [0.5, 0.6) is 0 Å². The van der Waals surface area contributed by atoms with E-state index in [1.807, 2.05) is 31.2 Å². The highest BCUT2D eigenvalue weighted by atomic mass is 79.9. The quantitative estimate of drug-likeness (QED) is 0.298. The zero-order chi connectivity index (χ0) is 18.7. The molecule has 0 aliphatic rings. The molecule has 5 nitrogen and oxygen atoms in total. The Morgan fingerprint density at radius 1 is 1.23 bits per heavy atom. The van der Waals surface area contributed by atoms with E-state index in [9.17, 15) is 15.4 Å². The predicted octanol–water partition coefficient (Wildman–Crippen LogP) is 5.85. The van der Waals surface area contributed by atoms with Crippen LogP contribution >= 0.6 is 27.3 Å². The van der Waals surface area contributed by atoms with Crippen LogP contribution in [0.2, 0.25) is 0 Å². The van der Waals surface area contributed by atoms with Gasteiger partial charge in [-0.2, -0.15) is 5.26 Å². The van der Waals surface area contributed by atoms with E-state index in [0.29, 0.717) is 16.1 Å². The summed E-state index contributed by atoms with van der Waals surface area (Å²) in [7, 11) is 0. The van der Waals surface area contributed by atoms with Gasteiger partial charge >= 0.3 is 0 Å². The SMILES string of the molecule is Cc1sc(/C(C#N)=C\c2ccc([N+](=O)[O-])cc2)nc1-c1ccc(Br)cc1. The number of thiazole rings is 1. The van der Waals surface area contributed by atoms with Gasteiger partial charge < -0.3 is 0 Å². The minimum atomic E-state index is -0.451. The standard InChI is InChI=1S/C19H12BrN3O2S/c1-12-18(14-4-6-16(20)7-5-14)22-19(26-12)15(11-21)10-13-2-8-17(9-3-13)23(24)25/h2-10H,1H3/b15-10-. The van der Waals surface area contributed by atoms with E-state index >= 15 is 0 Å². The van der Waals surface area contributed by atoms with Gasteiger partial charge in [0.15, 0.2) is 0 Å². The second kappa shape index (κ2) is 7.60.